The van der Waals surface area contributed by atoms with Crippen LogP contribution in [0.15, 0.2) is 36.5 Å². The topological polar surface area (TPSA) is 33.1 Å². The molecule has 3 heterocycles. The molecule has 5 heteroatoms. The molecule has 1 fully saturated rings. The SMILES string of the molecule is CCN1C(=S)N[C@H](c2ccccn2)[C@H]1c1ccc(C)n1C. The van der Waals surface area contributed by atoms with E-state index < -0.39 is 0 Å². The predicted molar refractivity (Wildman–Crippen MR) is 88.0 cm³/mol. The summed E-state index contributed by atoms with van der Waals surface area (Å²) in [7, 11) is 2.11. The highest BCUT2D eigenvalue weighted by atomic mass is 32.1. The van der Waals surface area contributed by atoms with Crippen molar-refractivity contribution in [2.45, 2.75) is 25.9 Å². The highest BCUT2D eigenvalue weighted by molar-refractivity contribution is 7.80. The largest absolute Gasteiger partial charge is 0.352 e. The lowest BCUT2D eigenvalue weighted by Crippen LogP contribution is -2.30. The Hall–Kier alpha value is -1.88. The molecule has 0 amide bonds. The Kier molecular flexibility index (Phi) is 3.68. The standard InChI is InChI=1S/C16H20N4S/c1-4-20-15(13-9-8-11(2)19(13)3)14(18-16(20)21)12-7-5-6-10-17-12/h5-10,14-15H,4H2,1-3H3,(H,18,21)/t14-,15-/m1/s1. The summed E-state index contributed by atoms with van der Waals surface area (Å²) in [5.41, 5.74) is 3.54. The fourth-order valence-corrected chi connectivity index (χ4v) is 3.37. The zero-order valence-electron chi connectivity index (χ0n) is 12.6. The van der Waals surface area contributed by atoms with Crippen molar-refractivity contribution in [3.63, 3.8) is 0 Å². The molecule has 0 aromatic carbocycles. The summed E-state index contributed by atoms with van der Waals surface area (Å²) in [6, 6.07) is 10.6. The van der Waals surface area contributed by atoms with E-state index in [1.54, 1.807) is 0 Å². The zero-order chi connectivity index (χ0) is 15.0. The second-order valence-corrected chi connectivity index (χ2v) is 5.76. The molecular weight excluding hydrogens is 280 g/mol. The Morgan fingerprint density at radius 2 is 2.10 bits per heavy atom. The van der Waals surface area contributed by atoms with Crippen LogP contribution in [0.2, 0.25) is 0 Å². The predicted octanol–water partition coefficient (Wildman–Crippen LogP) is 2.72. The Bertz CT molecular complexity index is 650. The van der Waals surface area contributed by atoms with Gasteiger partial charge in [0.05, 0.1) is 17.8 Å². The second kappa shape index (κ2) is 5.48. The molecule has 1 aliphatic rings. The summed E-state index contributed by atoms with van der Waals surface area (Å²) in [6.45, 7) is 5.14. The molecule has 1 saturated heterocycles. The molecule has 21 heavy (non-hydrogen) atoms. The molecule has 0 aliphatic carbocycles. The molecule has 2 aromatic rings. The summed E-state index contributed by atoms with van der Waals surface area (Å²) >= 11 is 5.52. The van der Waals surface area contributed by atoms with Crippen molar-refractivity contribution in [1.29, 1.82) is 0 Å². The van der Waals surface area contributed by atoms with Crippen LogP contribution in [-0.4, -0.2) is 26.1 Å². The molecule has 1 N–H and O–H groups in total. The van der Waals surface area contributed by atoms with Gasteiger partial charge in [-0.25, -0.2) is 0 Å². The maximum absolute atomic E-state index is 5.52. The van der Waals surface area contributed by atoms with E-state index in [1.165, 1.54) is 11.4 Å². The molecule has 1 aliphatic heterocycles. The molecular formula is C16H20N4S. The Morgan fingerprint density at radius 3 is 2.67 bits per heavy atom. The van der Waals surface area contributed by atoms with E-state index in [4.69, 9.17) is 12.2 Å². The van der Waals surface area contributed by atoms with Crippen LogP contribution in [0.25, 0.3) is 0 Å². The minimum Gasteiger partial charge on any atom is -0.352 e. The van der Waals surface area contributed by atoms with E-state index in [9.17, 15) is 0 Å². The molecule has 4 nitrogen and oxygen atoms in total. The first-order valence-corrected chi connectivity index (χ1v) is 7.64. The van der Waals surface area contributed by atoms with Crippen LogP contribution in [0.4, 0.5) is 0 Å². The first kappa shape index (κ1) is 14.1. The minimum absolute atomic E-state index is 0.0895. The van der Waals surface area contributed by atoms with Gasteiger partial charge < -0.3 is 14.8 Å². The van der Waals surface area contributed by atoms with Crippen LogP contribution in [0.3, 0.4) is 0 Å². The van der Waals surface area contributed by atoms with E-state index in [1.807, 2.05) is 18.3 Å². The summed E-state index contributed by atoms with van der Waals surface area (Å²) in [6.07, 6.45) is 1.84. The van der Waals surface area contributed by atoms with Gasteiger partial charge in [0.25, 0.3) is 0 Å². The molecule has 3 rings (SSSR count). The molecule has 2 aromatic heterocycles. The van der Waals surface area contributed by atoms with Gasteiger partial charge in [0, 0.05) is 31.2 Å². The van der Waals surface area contributed by atoms with E-state index in [2.05, 4.69) is 58.9 Å². The van der Waals surface area contributed by atoms with Crippen LogP contribution in [-0.2, 0) is 7.05 Å². The first-order valence-electron chi connectivity index (χ1n) is 7.23. The van der Waals surface area contributed by atoms with Gasteiger partial charge in [-0.3, -0.25) is 4.98 Å². The molecule has 0 saturated carbocycles. The van der Waals surface area contributed by atoms with Crippen molar-refractivity contribution in [2.24, 2.45) is 7.05 Å². The highest BCUT2D eigenvalue weighted by Crippen LogP contribution is 2.38. The van der Waals surface area contributed by atoms with Crippen molar-refractivity contribution in [1.82, 2.24) is 19.8 Å². The lowest BCUT2D eigenvalue weighted by atomic mass is 10.0. The fraction of sp³-hybridized carbons (Fsp3) is 0.375. The van der Waals surface area contributed by atoms with Crippen molar-refractivity contribution in [3.8, 4) is 0 Å². The maximum atomic E-state index is 5.52. The van der Waals surface area contributed by atoms with E-state index in [-0.39, 0.29) is 12.1 Å². The Morgan fingerprint density at radius 1 is 1.29 bits per heavy atom. The number of nitrogens with zero attached hydrogens (tertiary/aromatic N) is 3. The number of aryl methyl sites for hydroxylation is 1. The average Bonchev–Trinajstić information content (AvgIpc) is 3.00. The maximum Gasteiger partial charge on any atom is 0.170 e. The summed E-state index contributed by atoms with van der Waals surface area (Å²) in [5, 5.41) is 4.24. The van der Waals surface area contributed by atoms with Crippen LogP contribution >= 0.6 is 12.2 Å². The van der Waals surface area contributed by atoms with Gasteiger partial charge in [0.2, 0.25) is 0 Å². The fourth-order valence-electron chi connectivity index (χ4n) is 3.00. The number of hydrogen-bond donors (Lipinski definition) is 1. The second-order valence-electron chi connectivity index (χ2n) is 5.37. The number of nitrogens with one attached hydrogen (secondary N) is 1. The number of aromatic nitrogens is 2. The lowest BCUT2D eigenvalue weighted by Gasteiger charge is -2.27. The quantitative estimate of drug-likeness (QED) is 0.884. The third kappa shape index (κ3) is 2.31. The number of hydrogen-bond acceptors (Lipinski definition) is 2. The van der Waals surface area contributed by atoms with E-state index >= 15 is 0 Å². The molecule has 2 atom stereocenters. The molecule has 110 valence electrons. The van der Waals surface area contributed by atoms with Gasteiger partial charge >= 0.3 is 0 Å². The first-order chi connectivity index (χ1) is 10.1. The molecule has 0 spiro atoms. The third-order valence-corrected chi connectivity index (χ3v) is 4.61. The van der Waals surface area contributed by atoms with Crippen molar-refractivity contribution < 1.29 is 0 Å². The third-order valence-electron chi connectivity index (χ3n) is 4.25. The smallest absolute Gasteiger partial charge is 0.170 e. The zero-order valence-corrected chi connectivity index (χ0v) is 13.4. The Balaban J connectivity index is 2.07. The number of rotatable bonds is 3. The van der Waals surface area contributed by atoms with Crippen molar-refractivity contribution in [2.75, 3.05) is 6.54 Å². The van der Waals surface area contributed by atoms with E-state index in [0.29, 0.717) is 0 Å². The van der Waals surface area contributed by atoms with E-state index in [0.717, 1.165) is 17.4 Å². The van der Waals surface area contributed by atoms with Gasteiger partial charge in [-0.15, -0.1) is 0 Å². The normalized spacial score (nSPS) is 21.7. The minimum atomic E-state index is 0.0895. The number of likely N-dealkylation sites (N-methyl/N-ethyl adjacent to an activating group) is 1. The molecule has 0 bridgehead atoms. The Labute approximate surface area is 130 Å². The molecule has 0 radical (unpaired) electrons. The van der Waals surface area contributed by atoms with Crippen molar-refractivity contribution in [3.05, 3.63) is 53.6 Å². The van der Waals surface area contributed by atoms with Crippen LogP contribution < -0.4 is 5.32 Å². The lowest BCUT2D eigenvalue weighted by molar-refractivity contribution is 0.317. The molecule has 0 unspecified atom stereocenters. The summed E-state index contributed by atoms with van der Waals surface area (Å²) in [4.78, 5) is 6.76. The number of thiocarbonyl (C=S) groups is 1. The van der Waals surface area contributed by atoms with Crippen LogP contribution in [0.1, 0.15) is 36.1 Å². The van der Waals surface area contributed by atoms with Gasteiger partial charge in [-0.2, -0.15) is 0 Å². The summed E-state index contributed by atoms with van der Waals surface area (Å²) in [5.74, 6) is 0. The van der Waals surface area contributed by atoms with Crippen LogP contribution in [0.5, 0.6) is 0 Å². The van der Waals surface area contributed by atoms with Crippen LogP contribution in [0, 0.1) is 6.92 Å². The van der Waals surface area contributed by atoms with Gasteiger partial charge in [0.1, 0.15) is 0 Å². The average molecular weight is 300 g/mol. The van der Waals surface area contributed by atoms with Gasteiger partial charge in [-0.05, 0) is 50.3 Å². The monoisotopic (exact) mass is 300 g/mol. The number of pyridine rings is 1. The van der Waals surface area contributed by atoms with Gasteiger partial charge in [0.15, 0.2) is 5.11 Å². The van der Waals surface area contributed by atoms with Crippen molar-refractivity contribution >= 4 is 17.3 Å². The van der Waals surface area contributed by atoms with Gasteiger partial charge in [-0.1, -0.05) is 6.07 Å². The summed E-state index contributed by atoms with van der Waals surface area (Å²) < 4.78 is 2.24. The highest BCUT2D eigenvalue weighted by Gasteiger charge is 2.40.